The van der Waals surface area contributed by atoms with Crippen LogP contribution >= 0.6 is 0 Å². The van der Waals surface area contributed by atoms with E-state index in [-0.39, 0.29) is 30.9 Å². The van der Waals surface area contributed by atoms with E-state index in [9.17, 15) is 14.4 Å². The van der Waals surface area contributed by atoms with Crippen molar-refractivity contribution in [1.82, 2.24) is 4.90 Å². The molecule has 1 aromatic carbocycles. The predicted molar refractivity (Wildman–Crippen MR) is 108 cm³/mol. The zero-order chi connectivity index (χ0) is 20.6. The number of esters is 1. The molecule has 2 aliphatic rings. The van der Waals surface area contributed by atoms with E-state index in [1.165, 1.54) is 24.2 Å². The van der Waals surface area contributed by atoms with Crippen molar-refractivity contribution in [3.05, 3.63) is 35.9 Å². The fourth-order valence-electron chi connectivity index (χ4n) is 4.19. The molecule has 6 heteroatoms. The number of imide groups is 1. The first-order valence-electron chi connectivity index (χ1n) is 10.8. The molecule has 0 aliphatic carbocycles. The standard InChI is InChI=1S/C23H31NO5/c1-2-3-4-5-6-10-13-20-19(15-21(25)29-20)22(26)24-18(16-28-23(24)27)14-17-11-8-7-9-12-17/h7-9,11-12,18-20H,2-6,10,13-16H2,1H3/t18-,19-,20+/m1/s1. The summed E-state index contributed by atoms with van der Waals surface area (Å²) in [7, 11) is 0. The highest BCUT2D eigenvalue weighted by atomic mass is 16.6. The zero-order valence-corrected chi connectivity index (χ0v) is 17.2. The molecule has 2 fully saturated rings. The average molecular weight is 402 g/mol. The quantitative estimate of drug-likeness (QED) is 0.433. The Morgan fingerprint density at radius 1 is 1.07 bits per heavy atom. The van der Waals surface area contributed by atoms with Crippen molar-refractivity contribution < 1.29 is 23.9 Å². The molecule has 2 saturated heterocycles. The van der Waals surface area contributed by atoms with Gasteiger partial charge >= 0.3 is 12.1 Å². The Hall–Kier alpha value is -2.37. The first-order valence-corrected chi connectivity index (χ1v) is 10.8. The number of nitrogens with zero attached hydrogens (tertiary/aromatic N) is 1. The van der Waals surface area contributed by atoms with Gasteiger partial charge in [0.05, 0.1) is 18.4 Å². The molecule has 0 N–H and O–H groups in total. The third-order valence-electron chi connectivity index (χ3n) is 5.79. The number of carbonyl (C=O) groups excluding carboxylic acids is 3. The number of hydrogen-bond acceptors (Lipinski definition) is 5. The summed E-state index contributed by atoms with van der Waals surface area (Å²) in [5.74, 6) is -1.29. The molecule has 2 heterocycles. The molecule has 0 bridgehead atoms. The van der Waals surface area contributed by atoms with Crippen LogP contribution in [0.2, 0.25) is 0 Å². The van der Waals surface area contributed by atoms with Crippen molar-refractivity contribution in [3.8, 4) is 0 Å². The van der Waals surface area contributed by atoms with E-state index in [1.807, 2.05) is 30.3 Å². The Morgan fingerprint density at radius 2 is 1.79 bits per heavy atom. The van der Waals surface area contributed by atoms with Crippen molar-refractivity contribution in [2.24, 2.45) is 5.92 Å². The van der Waals surface area contributed by atoms with Crippen LogP contribution in [0.3, 0.4) is 0 Å². The van der Waals surface area contributed by atoms with Crippen LogP contribution in [0.5, 0.6) is 0 Å². The summed E-state index contributed by atoms with van der Waals surface area (Å²) in [5, 5.41) is 0. The van der Waals surface area contributed by atoms with Crippen LogP contribution in [0.15, 0.2) is 30.3 Å². The summed E-state index contributed by atoms with van der Waals surface area (Å²) in [5.41, 5.74) is 1.04. The minimum atomic E-state index is -0.617. The molecule has 3 atom stereocenters. The van der Waals surface area contributed by atoms with Crippen LogP contribution in [0.4, 0.5) is 4.79 Å². The molecule has 0 spiro atoms. The normalized spacial score (nSPS) is 23.9. The highest BCUT2D eigenvalue weighted by Crippen LogP contribution is 2.31. The molecule has 2 aliphatic heterocycles. The molecule has 158 valence electrons. The number of unbranched alkanes of at least 4 members (excludes halogenated alkanes) is 5. The van der Waals surface area contributed by atoms with Gasteiger partial charge in [-0.1, -0.05) is 69.4 Å². The van der Waals surface area contributed by atoms with Crippen molar-refractivity contribution in [1.29, 1.82) is 0 Å². The highest BCUT2D eigenvalue weighted by molar-refractivity contribution is 5.97. The first-order chi connectivity index (χ1) is 14.1. The molecule has 29 heavy (non-hydrogen) atoms. The predicted octanol–water partition coefficient (Wildman–Crippen LogP) is 4.26. The van der Waals surface area contributed by atoms with Gasteiger partial charge in [-0.25, -0.2) is 9.69 Å². The van der Waals surface area contributed by atoms with Gasteiger partial charge < -0.3 is 9.47 Å². The molecule has 0 radical (unpaired) electrons. The monoisotopic (exact) mass is 401 g/mol. The van der Waals surface area contributed by atoms with E-state index in [0.717, 1.165) is 24.8 Å². The van der Waals surface area contributed by atoms with Crippen LogP contribution < -0.4 is 0 Å². The summed E-state index contributed by atoms with van der Waals surface area (Å²) >= 11 is 0. The van der Waals surface area contributed by atoms with Crippen molar-refractivity contribution in [2.75, 3.05) is 6.61 Å². The van der Waals surface area contributed by atoms with Crippen molar-refractivity contribution in [3.63, 3.8) is 0 Å². The number of amides is 2. The number of hydrogen-bond donors (Lipinski definition) is 0. The Bertz CT molecular complexity index is 704. The minimum absolute atomic E-state index is 0.0428. The molecule has 3 rings (SSSR count). The Kier molecular flexibility index (Phi) is 7.67. The van der Waals surface area contributed by atoms with Gasteiger partial charge in [-0.2, -0.15) is 0 Å². The fraction of sp³-hybridized carbons (Fsp3) is 0.609. The zero-order valence-electron chi connectivity index (χ0n) is 17.2. The number of ether oxygens (including phenoxy) is 2. The van der Waals surface area contributed by atoms with Gasteiger partial charge in [0, 0.05) is 0 Å². The maximum Gasteiger partial charge on any atom is 0.416 e. The topological polar surface area (TPSA) is 72.9 Å². The molecule has 0 unspecified atom stereocenters. The largest absolute Gasteiger partial charge is 0.461 e. The van der Waals surface area contributed by atoms with Gasteiger partial charge in [0.15, 0.2) is 0 Å². The minimum Gasteiger partial charge on any atom is -0.461 e. The summed E-state index contributed by atoms with van der Waals surface area (Å²) in [6.45, 7) is 2.37. The maximum absolute atomic E-state index is 13.2. The molecular weight excluding hydrogens is 370 g/mol. The number of cyclic esters (lactones) is 2. The van der Waals surface area contributed by atoms with Gasteiger partial charge in [0.1, 0.15) is 12.7 Å². The van der Waals surface area contributed by atoms with Crippen LogP contribution in [0.25, 0.3) is 0 Å². The lowest BCUT2D eigenvalue weighted by atomic mass is 9.94. The summed E-state index contributed by atoms with van der Waals surface area (Å²) in [6.07, 6.45) is 6.99. The van der Waals surface area contributed by atoms with Crippen LogP contribution in [0, 0.1) is 5.92 Å². The van der Waals surface area contributed by atoms with Gasteiger partial charge in [0.25, 0.3) is 0 Å². The van der Waals surface area contributed by atoms with Crippen molar-refractivity contribution >= 4 is 18.0 Å². The van der Waals surface area contributed by atoms with E-state index in [1.54, 1.807) is 0 Å². The second-order valence-electron chi connectivity index (χ2n) is 8.02. The molecule has 1 aromatic rings. The SMILES string of the molecule is CCCCCCCC[C@@H]1OC(=O)C[C@H]1C(=O)N1C(=O)OC[C@H]1Cc1ccccc1. The van der Waals surface area contributed by atoms with E-state index < -0.39 is 18.1 Å². The van der Waals surface area contributed by atoms with E-state index in [2.05, 4.69) is 6.92 Å². The third-order valence-corrected chi connectivity index (χ3v) is 5.79. The van der Waals surface area contributed by atoms with Crippen LogP contribution in [-0.4, -0.2) is 41.6 Å². The first kappa shape index (κ1) is 21.3. The number of rotatable bonds is 10. The van der Waals surface area contributed by atoms with E-state index in [4.69, 9.17) is 9.47 Å². The van der Waals surface area contributed by atoms with Crippen molar-refractivity contribution in [2.45, 2.75) is 76.9 Å². The third kappa shape index (κ3) is 5.58. The van der Waals surface area contributed by atoms with E-state index >= 15 is 0 Å². The van der Waals surface area contributed by atoms with Gasteiger partial charge in [-0.05, 0) is 24.8 Å². The number of benzene rings is 1. The Balaban J connectivity index is 1.59. The summed E-state index contributed by atoms with van der Waals surface area (Å²) < 4.78 is 10.6. The lowest BCUT2D eigenvalue weighted by Gasteiger charge is -2.24. The Morgan fingerprint density at radius 3 is 2.55 bits per heavy atom. The fourth-order valence-corrected chi connectivity index (χ4v) is 4.19. The maximum atomic E-state index is 13.2. The summed E-state index contributed by atoms with van der Waals surface area (Å²) in [4.78, 5) is 38.6. The molecule has 0 aromatic heterocycles. The summed E-state index contributed by atoms with van der Waals surface area (Å²) in [6, 6.07) is 9.38. The smallest absolute Gasteiger partial charge is 0.416 e. The van der Waals surface area contributed by atoms with Gasteiger partial charge in [-0.15, -0.1) is 0 Å². The molecule has 0 saturated carbocycles. The highest BCUT2D eigenvalue weighted by Gasteiger charge is 2.47. The van der Waals surface area contributed by atoms with Gasteiger partial charge in [-0.3, -0.25) is 9.59 Å². The van der Waals surface area contributed by atoms with Gasteiger partial charge in [0.2, 0.25) is 5.91 Å². The van der Waals surface area contributed by atoms with E-state index in [0.29, 0.717) is 12.8 Å². The van der Waals surface area contributed by atoms with Crippen LogP contribution in [-0.2, 0) is 25.5 Å². The average Bonchev–Trinajstić information content (AvgIpc) is 3.27. The Labute approximate surface area is 172 Å². The lowest BCUT2D eigenvalue weighted by molar-refractivity contribution is -0.142. The second-order valence-corrected chi connectivity index (χ2v) is 8.02. The molecule has 2 amide bonds. The lowest BCUT2D eigenvalue weighted by Crippen LogP contribution is -2.45. The molecular formula is C23H31NO5. The molecule has 6 nitrogen and oxygen atoms in total. The number of carbonyl (C=O) groups is 3. The second kappa shape index (κ2) is 10.4. The van der Waals surface area contributed by atoms with Crippen LogP contribution in [0.1, 0.15) is 63.9 Å².